The molecule has 0 spiro atoms. The van der Waals surface area contributed by atoms with Crippen molar-refractivity contribution in [2.24, 2.45) is 5.73 Å². The van der Waals surface area contributed by atoms with Gasteiger partial charge in [-0.2, -0.15) is 0 Å². The molecule has 3 aromatic carbocycles. The van der Waals surface area contributed by atoms with Gasteiger partial charge in [0.1, 0.15) is 5.75 Å². The zero-order valence-corrected chi connectivity index (χ0v) is 16.8. The topological polar surface area (TPSA) is 123 Å². The molecule has 0 atom stereocenters. The Labute approximate surface area is 179 Å². The molecule has 0 fully saturated rings. The summed E-state index contributed by atoms with van der Waals surface area (Å²) < 4.78 is 5.51. The lowest BCUT2D eigenvalue weighted by Crippen LogP contribution is -2.39. The maximum absolute atomic E-state index is 12.0. The quantitative estimate of drug-likeness (QED) is 0.331. The van der Waals surface area contributed by atoms with E-state index in [1.807, 2.05) is 36.4 Å². The van der Waals surface area contributed by atoms with Crippen molar-refractivity contribution in [3.8, 4) is 5.75 Å². The third-order valence-electron chi connectivity index (χ3n) is 4.27. The summed E-state index contributed by atoms with van der Waals surface area (Å²) in [5, 5.41) is 4.75. The third-order valence-corrected chi connectivity index (χ3v) is 4.27. The summed E-state index contributed by atoms with van der Waals surface area (Å²) in [6, 6.07) is 19.6. The van der Waals surface area contributed by atoms with E-state index in [4.69, 9.17) is 10.5 Å². The van der Waals surface area contributed by atoms with E-state index in [0.717, 1.165) is 10.8 Å². The van der Waals surface area contributed by atoms with Crippen LogP contribution in [0.4, 0.5) is 5.69 Å². The zero-order chi connectivity index (χ0) is 22.2. The molecule has 0 aliphatic carbocycles. The molecule has 0 bridgehead atoms. The molecule has 8 nitrogen and oxygen atoms in total. The Kier molecular flexibility index (Phi) is 6.85. The van der Waals surface area contributed by atoms with E-state index >= 15 is 0 Å². The van der Waals surface area contributed by atoms with Crippen molar-refractivity contribution in [1.82, 2.24) is 10.9 Å². The number of anilines is 1. The van der Waals surface area contributed by atoms with Crippen molar-refractivity contribution in [2.75, 3.05) is 11.9 Å². The number of amides is 3. The molecule has 31 heavy (non-hydrogen) atoms. The second-order valence-electron chi connectivity index (χ2n) is 6.73. The predicted octanol–water partition coefficient (Wildman–Crippen LogP) is 2.48. The largest absolute Gasteiger partial charge is 0.484 e. The van der Waals surface area contributed by atoms with Crippen LogP contribution in [-0.4, -0.2) is 24.3 Å². The molecule has 5 N–H and O–H groups in total. The van der Waals surface area contributed by atoms with Gasteiger partial charge in [0, 0.05) is 23.0 Å². The number of carbonyl (C=O) groups is 3. The third kappa shape index (κ3) is 6.33. The van der Waals surface area contributed by atoms with Gasteiger partial charge in [-0.05, 0) is 54.1 Å². The molecule has 158 valence electrons. The van der Waals surface area contributed by atoms with E-state index in [-0.39, 0.29) is 6.61 Å². The van der Waals surface area contributed by atoms with E-state index in [1.54, 1.807) is 25.1 Å². The standard InChI is InChI=1S/C23H22N4O4/c1-15(12-21(28)25-19-9-6-17(7-10-19)23(24)30)26-27-22(29)14-31-20-11-8-16-4-2-3-5-18(16)13-20/h2-13,26H,14H2,1H3,(H2,24,30)(H,25,28)(H,27,29). The highest BCUT2D eigenvalue weighted by atomic mass is 16.5. The lowest BCUT2D eigenvalue weighted by atomic mass is 10.1. The summed E-state index contributed by atoms with van der Waals surface area (Å²) >= 11 is 0. The highest BCUT2D eigenvalue weighted by Crippen LogP contribution is 2.20. The van der Waals surface area contributed by atoms with Crippen LogP contribution in [0, 0.1) is 0 Å². The monoisotopic (exact) mass is 418 g/mol. The van der Waals surface area contributed by atoms with Crippen molar-refractivity contribution in [2.45, 2.75) is 6.92 Å². The molecule has 3 amide bonds. The maximum atomic E-state index is 12.0. The lowest BCUT2D eigenvalue weighted by Gasteiger charge is -2.10. The van der Waals surface area contributed by atoms with Crippen LogP contribution in [0.15, 0.2) is 78.5 Å². The van der Waals surface area contributed by atoms with Gasteiger partial charge in [-0.25, -0.2) is 0 Å². The molecule has 3 rings (SSSR count). The molecule has 8 heteroatoms. The van der Waals surface area contributed by atoms with Gasteiger partial charge in [-0.1, -0.05) is 30.3 Å². The van der Waals surface area contributed by atoms with Gasteiger partial charge in [0.25, 0.3) is 5.91 Å². The van der Waals surface area contributed by atoms with E-state index in [9.17, 15) is 14.4 Å². The molecule has 0 unspecified atom stereocenters. The van der Waals surface area contributed by atoms with Crippen molar-refractivity contribution < 1.29 is 19.1 Å². The fourth-order valence-electron chi connectivity index (χ4n) is 2.74. The number of hydrogen-bond acceptors (Lipinski definition) is 5. The summed E-state index contributed by atoms with van der Waals surface area (Å²) in [5.41, 5.74) is 11.6. The number of hydrogen-bond donors (Lipinski definition) is 4. The number of ether oxygens (including phenoxy) is 1. The second-order valence-corrected chi connectivity index (χ2v) is 6.73. The number of hydrazine groups is 1. The summed E-state index contributed by atoms with van der Waals surface area (Å²) in [6.07, 6.45) is 1.28. The average Bonchev–Trinajstić information content (AvgIpc) is 2.76. The first kappa shape index (κ1) is 21.4. The highest BCUT2D eigenvalue weighted by molar-refractivity contribution is 6.00. The number of nitrogens with one attached hydrogen (secondary N) is 3. The van der Waals surface area contributed by atoms with Gasteiger partial charge in [0.05, 0.1) is 0 Å². The highest BCUT2D eigenvalue weighted by Gasteiger charge is 2.05. The predicted molar refractivity (Wildman–Crippen MR) is 118 cm³/mol. The molecular formula is C23H22N4O4. The number of rotatable bonds is 8. The van der Waals surface area contributed by atoms with Crippen LogP contribution < -0.4 is 26.6 Å². The van der Waals surface area contributed by atoms with Gasteiger partial charge in [0.15, 0.2) is 6.61 Å². The van der Waals surface area contributed by atoms with E-state index in [1.165, 1.54) is 18.2 Å². The fraction of sp³-hybridized carbons (Fsp3) is 0.0870. The lowest BCUT2D eigenvalue weighted by molar-refractivity contribution is -0.124. The molecule has 0 aliphatic heterocycles. The number of primary amides is 1. The van der Waals surface area contributed by atoms with Gasteiger partial charge in [0.2, 0.25) is 11.8 Å². The zero-order valence-electron chi connectivity index (χ0n) is 16.8. The van der Waals surface area contributed by atoms with Gasteiger partial charge < -0.3 is 21.2 Å². The van der Waals surface area contributed by atoms with E-state index < -0.39 is 17.7 Å². The number of carbonyl (C=O) groups excluding carboxylic acids is 3. The molecule has 0 radical (unpaired) electrons. The van der Waals surface area contributed by atoms with Crippen LogP contribution in [0.3, 0.4) is 0 Å². The van der Waals surface area contributed by atoms with Gasteiger partial charge in [-0.15, -0.1) is 0 Å². The Balaban J connectivity index is 1.44. The maximum Gasteiger partial charge on any atom is 0.276 e. The molecule has 3 aromatic rings. The first-order valence-electron chi connectivity index (χ1n) is 9.46. The molecule has 0 aromatic heterocycles. The number of fused-ring (bicyclic) bond motifs is 1. The van der Waals surface area contributed by atoms with Crippen LogP contribution in [0.25, 0.3) is 10.8 Å². The van der Waals surface area contributed by atoms with Crippen molar-refractivity contribution in [1.29, 1.82) is 0 Å². The van der Waals surface area contributed by atoms with Crippen molar-refractivity contribution in [3.63, 3.8) is 0 Å². The minimum absolute atomic E-state index is 0.184. The van der Waals surface area contributed by atoms with Gasteiger partial charge >= 0.3 is 0 Å². The minimum Gasteiger partial charge on any atom is -0.484 e. The second kappa shape index (κ2) is 9.93. The first-order valence-corrected chi connectivity index (χ1v) is 9.46. The Bertz CT molecular complexity index is 1140. The molecule has 0 saturated carbocycles. The minimum atomic E-state index is -0.543. The van der Waals surface area contributed by atoms with Gasteiger partial charge in [-0.3, -0.25) is 19.8 Å². The van der Waals surface area contributed by atoms with Crippen molar-refractivity contribution >= 4 is 34.2 Å². The number of benzene rings is 3. The molecule has 0 heterocycles. The van der Waals surface area contributed by atoms with Crippen LogP contribution >= 0.6 is 0 Å². The normalized spacial score (nSPS) is 10.9. The van der Waals surface area contributed by atoms with Crippen LogP contribution in [-0.2, 0) is 9.59 Å². The Morgan fingerprint density at radius 2 is 1.65 bits per heavy atom. The first-order chi connectivity index (χ1) is 14.9. The smallest absolute Gasteiger partial charge is 0.276 e. The van der Waals surface area contributed by atoms with Crippen molar-refractivity contribution in [3.05, 3.63) is 84.1 Å². The summed E-state index contributed by atoms with van der Waals surface area (Å²) in [6.45, 7) is 1.44. The Morgan fingerprint density at radius 1 is 0.935 bits per heavy atom. The van der Waals surface area contributed by atoms with Crippen LogP contribution in [0.2, 0.25) is 0 Å². The Hall–Kier alpha value is -4.33. The van der Waals surface area contributed by atoms with Crippen LogP contribution in [0.5, 0.6) is 5.75 Å². The van der Waals surface area contributed by atoms with E-state index in [0.29, 0.717) is 22.7 Å². The molecule has 0 aliphatic rings. The van der Waals surface area contributed by atoms with E-state index in [2.05, 4.69) is 16.2 Å². The number of allylic oxidation sites excluding steroid dienone is 1. The fourth-order valence-corrected chi connectivity index (χ4v) is 2.74. The van der Waals surface area contributed by atoms with Crippen LogP contribution in [0.1, 0.15) is 17.3 Å². The number of nitrogens with two attached hydrogens (primary N) is 1. The summed E-state index contributed by atoms with van der Waals surface area (Å²) in [4.78, 5) is 35.1. The summed E-state index contributed by atoms with van der Waals surface area (Å²) in [5.74, 6) is -0.761. The SMILES string of the molecule is CC(=CC(=O)Nc1ccc(C(N)=O)cc1)NNC(=O)COc1ccc2ccccc2c1. The Morgan fingerprint density at radius 3 is 2.35 bits per heavy atom. The average molecular weight is 418 g/mol. The molecular weight excluding hydrogens is 396 g/mol. The summed E-state index contributed by atoms with van der Waals surface area (Å²) in [7, 11) is 0. The molecule has 0 saturated heterocycles.